The molecule has 0 unspecified atom stereocenters. The minimum Gasteiger partial charge on any atom is -0.504 e. The molecule has 0 aromatic heterocycles. The molecule has 0 spiro atoms. The second kappa shape index (κ2) is 8.06. The summed E-state index contributed by atoms with van der Waals surface area (Å²) in [5, 5.41) is 10.2. The molecule has 0 atom stereocenters. The van der Waals surface area contributed by atoms with Crippen molar-refractivity contribution in [2.24, 2.45) is 0 Å². The minimum atomic E-state index is -4.84. The first-order valence-electron chi connectivity index (χ1n) is 6.86. The second-order valence-corrected chi connectivity index (χ2v) is 5.81. The van der Waals surface area contributed by atoms with Crippen molar-refractivity contribution in [3.8, 4) is 23.0 Å². The van der Waals surface area contributed by atoms with Gasteiger partial charge in [0.2, 0.25) is 11.5 Å². The fourth-order valence-corrected chi connectivity index (χ4v) is 2.60. The molecular formula is C14H20O9S. The van der Waals surface area contributed by atoms with Crippen molar-refractivity contribution < 1.29 is 41.3 Å². The lowest BCUT2D eigenvalue weighted by atomic mass is 9.99. The van der Waals surface area contributed by atoms with Crippen molar-refractivity contribution >= 4 is 16.4 Å². The lowest BCUT2D eigenvalue weighted by Gasteiger charge is -2.19. The summed E-state index contributed by atoms with van der Waals surface area (Å²) in [5.74, 6) is -1.33. The molecule has 10 heteroatoms. The van der Waals surface area contributed by atoms with E-state index < -0.39 is 16.4 Å². The number of esters is 1. The van der Waals surface area contributed by atoms with Crippen molar-refractivity contribution in [1.29, 1.82) is 0 Å². The van der Waals surface area contributed by atoms with Crippen LogP contribution in [-0.2, 0) is 26.4 Å². The van der Waals surface area contributed by atoms with Gasteiger partial charge in [0.25, 0.3) is 0 Å². The quantitative estimate of drug-likeness (QED) is 0.519. The Morgan fingerprint density at radius 2 is 1.67 bits per heavy atom. The molecule has 1 aromatic carbocycles. The first-order chi connectivity index (χ1) is 11.2. The molecule has 0 saturated heterocycles. The van der Waals surface area contributed by atoms with Gasteiger partial charge in [-0.3, -0.25) is 9.35 Å². The second-order valence-electron chi connectivity index (χ2n) is 4.79. The maximum absolute atomic E-state index is 11.2. The van der Waals surface area contributed by atoms with E-state index in [-0.39, 0.29) is 47.0 Å². The normalized spacial score (nSPS) is 11.0. The summed E-state index contributed by atoms with van der Waals surface area (Å²) < 4.78 is 50.5. The van der Waals surface area contributed by atoms with Gasteiger partial charge in [-0.1, -0.05) is 0 Å². The monoisotopic (exact) mass is 364 g/mol. The Bertz CT molecular complexity index is 710. The van der Waals surface area contributed by atoms with Crippen molar-refractivity contribution in [1.82, 2.24) is 0 Å². The van der Waals surface area contributed by atoms with E-state index in [4.69, 9.17) is 14.0 Å². The molecule has 24 heavy (non-hydrogen) atoms. The highest BCUT2D eigenvalue weighted by molar-refractivity contribution is 7.81. The van der Waals surface area contributed by atoms with Gasteiger partial charge in [0, 0.05) is 17.5 Å². The van der Waals surface area contributed by atoms with Crippen LogP contribution >= 0.6 is 0 Å². The highest BCUT2D eigenvalue weighted by atomic mass is 32.3. The van der Waals surface area contributed by atoms with Crippen LogP contribution < -0.4 is 13.7 Å². The molecule has 0 bridgehead atoms. The highest BCUT2D eigenvalue weighted by Gasteiger charge is 2.27. The van der Waals surface area contributed by atoms with Gasteiger partial charge < -0.3 is 23.5 Å². The minimum absolute atomic E-state index is 0.0797. The molecule has 0 radical (unpaired) electrons. The average Bonchev–Trinajstić information content (AvgIpc) is 2.51. The van der Waals surface area contributed by atoms with Crippen LogP contribution in [0.2, 0.25) is 0 Å². The number of carbonyl (C=O) groups excluding carboxylic acids is 1. The average molecular weight is 364 g/mol. The third kappa shape index (κ3) is 4.65. The summed E-state index contributed by atoms with van der Waals surface area (Å²) in [5.41, 5.74) is 0.530. The van der Waals surface area contributed by atoms with Gasteiger partial charge in [0.1, 0.15) is 0 Å². The van der Waals surface area contributed by atoms with Gasteiger partial charge in [-0.25, -0.2) is 0 Å². The lowest BCUT2D eigenvalue weighted by molar-refractivity contribution is -0.140. The number of benzene rings is 1. The number of hydrogen-bond acceptors (Lipinski definition) is 8. The largest absolute Gasteiger partial charge is 0.504 e. The fraction of sp³-hybridized carbons (Fsp3) is 0.500. The Kier molecular flexibility index (Phi) is 6.67. The van der Waals surface area contributed by atoms with Crippen molar-refractivity contribution in [2.75, 3.05) is 21.3 Å². The fourth-order valence-electron chi connectivity index (χ4n) is 2.21. The third-order valence-corrected chi connectivity index (χ3v) is 3.72. The summed E-state index contributed by atoms with van der Waals surface area (Å²) in [6.07, 6.45) is 0.542. The molecular weight excluding hydrogens is 344 g/mol. The number of ether oxygens (including phenoxy) is 3. The predicted molar refractivity (Wildman–Crippen MR) is 83.1 cm³/mol. The molecule has 1 rings (SSSR count). The number of aromatic hydroxyl groups is 1. The first kappa shape index (κ1) is 19.8. The predicted octanol–water partition coefficient (Wildman–Crippen LogP) is 1.40. The first-order valence-corrected chi connectivity index (χ1v) is 8.22. The van der Waals surface area contributed by atoms with E-state index in [0.29, 0.717) is 6.42 Å². The molecule has 1 aromatic rings. The summed E-state index contributed by atoms with van der Waals surface area (Å²) >= 11 is 0. The molecule has 0 aliphatic carbocycles. The topological polar surface area (TPSA) is 129 Å². The maximum Gasteiger partial charge on any atom is 0.446 e. The van der Waals surface area contributed by atoms with E-state index in [1.54, 1.807) is 0 Å². The molecule has 0 heterocycles. The van der Waals surface area contributed by atoms with Crippen LogP contribution in [0.3, 0.4) is 0 Å². The smallest absolute Gasteiger partial charge is 0.446 e. The molecule has 136 valence electrons. The van der Waals surface area contributed by atoms with E-state index in [9.17, 15) is 18.3 Å². The van der Waals surface area contributed by atoms with E-state index in [2.05, 4.69) is 8.92 Å². The van der Waals surface area contributed by atoms with E-state index in [1.165, 1.54) is 28.3 Å². The van der Waals surface area contributed by atoms with Crippen LogP contribution in [0.5, 0.6) is 23.0 Å². The van der Waals surface area contributed by atoms with E-state index >= 15 is 0 Å². The SMILES string of the molecule is COC(=O)CCCc1c(C)c(O)c(OC)c(OC)c1OS(=O)(=O)O. The summed E-state index contributed by atoms with van der Waals surface area (Å²) in [6.45, 7) is 1.52. The van der Waals surface area contributed by atoms with Gasteiger partial charge in [-0.05, 0) is 19.8 Å². The Morgan fingerprint density at radius 1 is 1.08 bits per heavy atom. The van der Waals surface area contributed by atoms with Gasteiger partial charge in [-0.15, -0.1) is 0 Å². The molecule has 0 aliphatic heterocycles. The number of hydrogen-bond donors (Lipinski definition) is 2. The number of carbonyl (C=O) groups is 1. The van der Waals surface area contributed by atoms with Crippen LogP contribution in [-0.4, -0.2) is 45.4 Å². The maximum atomic E-state index is 11.2. The van der Waals surface area contributed by atoms with Crippen LogP contribution in [0, 0.1) is 6.92 Å². The molecule has 0 fully saturated rings. The number of phenols is 1. The van der Waals surface area contributed by atoms with Gasteiger partial charge >= 0.3 is 16.4 Å². The Labute approximate surface area is 140 Å². The van der Waals surface area contributed by atoms with Crippen molar-refractivity contribution in [3.05, 3.63) is 11.1 Å². The number of methoxy groups -OCH3 is 3. The van der Waals surface area contributed by atoms with Crippen LogP contribution in [0.15, 0.2) is 0 Å². The lowest BCUT2D eigenvalue weighted by Crippen LogP contribution is -2.12. The third-order valence-electron chi connectivity index (χ3n) is 3.34. The van der Waals surface area contributed by atoms with Crippen molar-refractivity contribution in [2.45, 2.75) is 26.2 Å². The van der Waals surface area contributed by atoms with E-state index in [0.717, 1.165) is 0 Å². The molecule has 2 N–H and O–H groups in total. The van der Waals surface area contributed by atoms with Crippen LogP contribution in [0.1, 0.15) is 24.0 Å². The Morgan fingerprint density at radius 3 is 2.12 bits per heavy atom. The zero-order chi connectivity index (χ0) is 18.5. The molecule has 0 aliphatic rings. The summed E-state index contributed by atoms with van der Waals surface area (Å²) in [7, 11) is -1.11. The number of phenolic OH excluding ortho intramolecular Hbond substituents is 1. The van der Waals surface area contributed by atoms with Gasteiger partial charge in [0.15, 0.2) is 11.5 Å². The Hall–Kier alpha value is -2.20. The highest BCUT2D eigenvalue weighted by Crippen LogP contribution is 2.49. The molecule has 0 saturated carbocycles. The number of rotatable bonds is 8. The standard InChI is InChI=1S/C14H20O9S/c1-8-9(6-5-7-10(15)20-2)12(23-24(17,18)19)14(22-4)13(21-3)11(8)16/h16H,5-7H2,1-4H3,(H,17,18,19). The Balaban J connectivity index is 3.42. The molecule has 9 nitrogen and oxygen atoms in total. The summed E-state index contributed by atoms with van der Waals surface area (Å²) in [4.78, 5) is 11.2. The van der Waals surface area contributed by atoms with Gasteiger partial charge in [-0.2, -0.15) is 8.42 Å². The summed E-state index contributed by atoms with van der Waals surface area (Å²) in [6, 6.07) is 0. The van der Waals surface area contributed by atoms with Gasteiger partial charge in [0.05, 0.1) is 21.3 Å². The zero-order valence-corrected chi connectivity index (χ0v) is 14.6. The molecule has 0 amide bonds. The van der Waals surface area contributed by atoms with Crippen LogP contribution in [0.25, 0.3) is 0 Å². The zero-order valence-electron chi connectivity index (χ0n) is 13.8. The van der Waals surface area contributed by atoms with Crippen molar-refractivity contribution in [3.63, 3.8) is 0 Å². The van der Waals surface area contributed by atoms with Crippen LogP contribution in [0.4, 0.5) is 0 Å². The van der Waals surface area contributed by atoms with E-state index in [1.807, 2.05) is 0 Å².